The molecule has 136 valence electrons. The Bertz CT molecular complexity index is 735. The molecule has 0 aliphatic rings. The molecule has 0 heterocycles. The zero-order chi connectivity index (χ0) is 18.6. The molecule has 0 radical (unpaired) electrons. The average Bonchev–Trinajstić information content (AvgIpc) is 2.29. The fraction of sp³-hybridized carbons (Fsp3) is 0.500. The summed E-state index contributed by atoms with van der Waals surface area (Å²) in [6.45, 7) is 0. The maximum atomic E-state index is 11.5. The molecule has 0 fully saturated rings. The number of carbonyl (C=O) groups excluding carboxylic acids is 1. The molecule has 4 N–H and O–H groups in total. The largest absolute Gasteiger partial charge is 1.00 e. The van der Waals surface area contributed by atoms with Gasteiger partial charge < -0.3 is 22.4 Å². The van der Waals surface area contributed by atoms with Crippen LogP contribution < -0.4 is 59.1 Å². The van der Waals surface area contributed by atoms with Gasteiger partial charge in [-0.25, -0.2) is 4.79 Å². The van der Waals surface area contributed by atoms with Crippen molar-refractivity contribution >= 4 is 44.1 Å². The van der Waals surface area contributed by atoms with Crippen LogP contribution in [0, 0.1) is 0 Å². The zero-order valence-electron chi connectivity index (χ0n) is 14.8. The van der Waals surface area contributed by atoms with Crippen molar-refractivity contribution in [1.29, 1.82) is 0 Å². The standard InChI is InChI=1S/C8H10O13S2.2Na.2H/c9-5(10)1-3(7(13)14)23(19,20)21-8(15)4(2-6(11)12)22(16,17)18;;;;/h3-4H,1-2H2,(H,9,10)(H,11,12)(H,13,14)(H,16,17,18);;;;/q;2*+1;2*-1. The Balaban J connectivity index is -0.000000403. The van der Waals surface area contributed by atoms with Crippen LogP contribution in [0.4, 0.5) is 0 Å². The van der Waals surface area contributed by atoms with Crippen molar-refractivity contribution in [3.63, 3.8) is 0 Å². The van der Waals surface area contributed by atoms with Gasteiger partial charge in [0.25, 0.3) is 10.1 Å². The predicted octanol–water partition coefficient (Wildman–Crippen LogP) is -8.25. The molecule has 0 aromatic heterocycles. The van der Waals surface area contributed by atoms with E-state index in [2.05, 4.69) is 4.18 Å². The van der Waals surface area contributed by atoms with Crippen molar-refractivity contribution < 1.29 is 122 Å². The summed E-state index contributed by atoms with van der Waals surface area (Å²) in [6.07, 6.45) is -3.08. The quantitative estimate of drug-likeness (QED) is 0.153. The Labute approximate surface area is 188 Å². The van der Waals surface area contributed by atoms with Crippen molar-refractivity contribution in [3.05, 3.63) is 0 Å². The molecular formula is C8H12Na2O13S2. The SMILES string of the molecule is O=C(O)CC(C(=O)OS(=O)(=O)C(CC(=O)O)C(=O)O)S(=O)(=O)O.[H-].[H-].[Na+].[Na+]. The molecule has 0 saturated carbocycles. The third-order valence-electron chi connectivity index (χ3n) is 2.16. The summed E-state index contributed by atoms with van der Waals surface area (Å²) in [5, 5.41) is 19.8. The molecule has 0 rings (SSSR count). The fourth-order valence-electron chi connectivity index (χ4n) is 1.17. The van der Waals surface area contributed by atoms with Crippen LogP contribution >= 0.6 is 0 Å². The molecule has 0 aromatic rings. The first-order valence-electron chi connectivity index (χ1n) is 5.28. The second kappa shape index (κ2) is 11.5. The predicted molar refractivity (Wildman–Crippen MR) is 68.5 cm³/mol. The van der Waals surface area contributed by atoms with Crippen LogP contribution in [0.5, 0.6) is 0 Å². The fourth-order valence-corrected chi connectivity index (χ4v) is 2.93. The minimum atomic E-state index is -5.46. The van der Waals surface area contributed by atoms with E-state index < -0.39 is 67.5 Å². The van der Waals surface area contributed by atoms with Crippen molar-refractivity contribution in [2.45, 2.75) is 23.3 Å². The smallest absolute Gasteiger partial charge is 1.00 e. The summed E-state index contributed by atoms with van der Waals surface area (Å²) in [6, 6.07) is 0. The van der Waals surface area contributed by atoms with Gasteiger partial charge in [-0.05, 0) is 0 Å². The van der Waals surface area contributed by atoms with Crippen LogP contribution in [0.3, 0.4) is 0 Å². The molecule has 0 amide bonds. The number of rotatable bonds is 9. The van der Waals surface area contributed by atoms with Crippen LogP contribution in [0.1, 0.15) is 15.7 Å². The average molecular weight is 426 g/mol. The summed E-state index contributed by atoms with van der Waals surface area (Å²) in [5.41, 5.74) is 0. The maximum Gasteiger partial charge on any atom is 1.00 e. The molecule has 0 saturated heterocycles. The summed E-state index contributed by atoms with van der Waals surface area (Å²) in [4.78, 5) is 42.9. The van der Waals surface area contributed by atoms with E-state index in [0.717, 1.165) is 0 Å². The number of hydrogen-bond acceptors (Lipinski definition) is 9. The molecule has 17 heteroatoms. The first kappa shape index (κ1) is 29.5. The molecule has 25 heavy (non-hydrogen) atoms. The summed E-state index contributed by atoms with van der Waals surface area (Å²) in [7, 11) is -10.8. The van der Waals surface area contributed by atoms with E-state index in [4.69, 9.17) is 19.9 Å². The summed E-state index contributed by atoms with van der Waals surface area (Å²) in [5.74, 6) is -8.29. The van der Waals surface area contributed by atoms with Gasteiger partial charge in [0.15, 0.2) is 5.25 Å². The first-order chi connectivity index (χ1) is 10.2. The number of carboxylic acid groups (broad SMARTS) is 3. The normalized spacial score (nSPS) is 13.3. The number of carboxylic acids is 3. The molecule has 0 aliphatic heterocycles. The van der Waals surface area contributed by atoms with Gasteiger partial charge in [0, 0.05) is 0 Å². The van der Waals surface area contributed by atoms with E-state index in [1.807, 2.05) is 0 Å². The van der Waals surface area contributed by atoms with E-state index in [0.29, 0.717) is 0 Å². The van der Waals surface area contributed by atoms with E-state index >= 15 is 0 Å². The maximum absolute atomic E-state index is 11.5. The Kier molecular flexibility index (Phi) is 13.5. The van der Waals surface area contributed by atoms with Gasteiger partial charge in [0.2, 0.25) is 5.25 Å². The number of aliphatic carboxylic acids is 3. The molecule has 0 aromatic carbocycles. The summed E-state index contributed by atoms with van der Waals surface area (Å²) < 4.78 is 57.1. The minimum absolute atomic E-state index is 0. The van der Waals surface area contributed by atoms with Gasteiger partial charge >= 0.3 is 93.1 Å². The van der Waals surface area contributed by atoms with Crippen molar-refractivity contribution in [1.82, 2.24) is 0 Å². The zero-order valence-corrected chi connectivity index (χ0v) is 18.5. The van der Waals surface area contributed by atoms with Crippen molar-refractivity contribution in [2.24, 2.45) is 0 Å². The van der Waals surface area contributed by atoms with Crippen molar-refractivity contribution in [3.8, 4) is 0 Å². The molecular weight excluding hydrogens is 414 g/mol. The van der Waals surface area contributed by atoms with Gasteiger partial charge in [0.1, 0.15) is 0 Å². The molecule has 0 bridgehead atoms. The molecule has 2 unspecified atom stereocenters. The topological polar surface area (TPSA) is 227 Å². The Hall–Kier alpha value is -0.260. The van der Waals surface area contributed by atoms with Gasteiger partial charge in [-0.1, -0.05) is 0 Å². The first-order valence-corrected chi connectivity index (χ1v) is 8.25. The molecule has 13 nitrogen and oxygen atoms in total. The van der Waals surface area contributed by atoms with Gasteiger partial charge in [-0.15, -0.1) is 0 Å². The second-order valence-corrected chi connectivity index (χ2v) is 7.24. The van der Waals surface area contributed by atoms with E-state index in [-0.39, 0.29) is 62.0 Å². The van der Waals surface area contributed by atoms with Crippen molar-refractivity contribution in [2.75, 3.05) is 0 Å². The van der Waals surface area contributed by atoms with Crippen LogP contribution in [-0.4, -0.2) is 71.1 Å². The molecule has 0 spiro atoms. The summed E-state index contributed by atoms with van der Waals surface area (Å²) >= 11 is 0. The van der Waals surface area contributed by atoms with Gasteiger partial charge in [-0.3, -0.25) is 18.9 Å². The Morgan fingerprint density at radius 1 is 0.840 bits per heavy atom. The van der Waals surface area contributed by atoms with Gasteiger partial charge in [0.05, 0.1) is 12.8 Å². The Morgan fingerprint density at radius 3 is 1.48 bits per heavy atom. The van der Waals surface area contributed by atoms with Crippen LogP contribution in [-0.2, 0) is 43.6 Å². The second-order valence-electron chi connectivity index (χ2n) is 3.92. The minimum Gasteiger partial charge on any atom is -1.00 e. The van der Waals surface area contributed by atoms with Crippen LogP contribution in [0.15, 0.2) is 0 Å². The monoisotopic (exact) mass is 426 g/mol. The number of hydrogen-bond donors (Lipinski definition) is 4. The van der Waals surface area contributed by atoms with Crippen LogP contribution in [0.25, 0.3) is 0 Å². The number of carbonyl (C=O) groups is 4. The molecule has 2 atom stereocenters. The third kappa shape index (κ3) is 10.5. The van der Waals surface area contributed by atoms with E-state index in [9.17, 15) is 36.0 Å². The third-order valence-corrected chi connectivity index (χ3v) is 4.70. The Morgan fingerprint density at radius 2 is 1.20 bits per heavy atom. The van der Waals surface area contributed by atoms with Gasteiger partial charge in [-0.2, -0.15) is 16.8 Å². The van der Waals surface area contributed by atoms with E-state index in [1.54, 1.807) is 0 Å². The van der Waals surface area contributed by atoms with E-state index in [1.165, 1.54) is 0 Å². The van der Waals surface area contributed by atoms with Crippen LogP contribution in [0.2, 0.25) is 0 Å². The molecule has 0 aliphatic carbocycles.